The number of ether oxygens (including phenoxy) is 3. The second kappa shape index (κ2) is 13.3. The molecule has 0 heterocycles. The quantitative estimate of drug-likeness (QED) is 0.272. The number of hydrogen-bond donors (Lipinski definition) is 0. The number of carbonyl (C=O) groups excluding carboxylic acids is 7. The van der Waals surface area contributed by atoms with Crippen molar-refractivity contribution < 1.29 is 47.8 Å². The Bertz CT molecular complexity index is 668. The number of hydrogen-bond acceptors (Lipinski definition) is 10. The van der Waals surface area contributed by atoms with E-state index in [0.717, 1.165) is 33.1 Å². The van der Waals surface area contributed by atoms with Crippen molar-refractivity contribution in [1.82, 2.24) is 0 Å². The second-order valence-electron chi connectivity index (χ2n) is 6.99. The highest BCUT2D eigenvalue weighted by atomic mass is 16.6. The van der Waals surface area contributed by atoms with Gasteiger partial charge >= 0.3 is 29.8 Å². The van der Waals surface area contributed by atoms with E-state index in [1.165, 1.54) is 6.92 Å². The van der Waals surface area contributed by atoms with Crippen LogP contribution in [0.4, 0.5) is 0 Å². The number of Topliss-reactive ketones (excluding diaryl/α,β-unsaturated/α-hetero) is 2. The van der Waals surface area contributed by atoms with Gasteiger partial charge in [-0.3, -0.25) is 24.0 Å². The summed E-state index contributed by atoms with van der Waals surface area (Å²) in [6, 6.07) is 0. The van der Waals surface area contributed by atoms with Crippen molar-refractivity contribution in [2.45, 2.75) is 60.3 Å². The van der Waals surface area contributed by atoms with Crippen molar-refractivity contribution in [2.75, 3.05) is 6.61 Å². The van der Waals surface area contributed by atoms with Crippen molar-refractivity contribution in [3.63, 3.8) is 0 Å². The molecule has 0 bridgehead atoms. The maximum Gasteiger partial charge on any atom is 0.425 e. The first kappa shape index (κ1) is 27.1. The summed E-state index contributed by atoms with van der Waals surface area (Å²) < 4.78 is 12.5. The Hall–Kier alpha value is -2.91. The molecule has 1 aliphatic carbocycles. The van der Waals surface area contributed by atoms with Crippen LogP contribution in [-0.4, -0.2) is 48.0 Å². The normalized spacial score (nSPS) is 20.0. The maximum absolute atomic E-state index is 11.6. The van der Waals surface area contributed by atoms with E-state index in [2.05, 4.69) is 9.47 Å². The van der Waals surface area contributed by atoms with Gasteiger partial charge in [0.15, 0.2) is 0 Å². The van der Waals surface area contributed by atoms with Crippen LogP contribution in [-0.2, 0) is 47.8 Å². The minimum atomic E-state index is -1.50. The molecule has 0 spiro atoms. The first-order valence-electron chi connectivity index (χ1n) is 9.44. The van der Waals surface area contributed by atoms with Crippen LogP contribution >= 0.6 is 0 Å². The number of esters is 5. The van der Waals surface area contributed by atoms with Crippen LogP contribution < -0.4 is 0 Å². The molecule has 168 valence electrons. The van der Waals surface area contributed by atoms with Gasteiger partial charge in [0, 0.05) is 32.6 Å². The monoisotopic (exact) mass is 428 g/mol. The zero-order chi connectivity index (χ0) is 23.4. The molecule has 10 heteroatoms. The van der Waals surface area contributed by atoms with Crippen LogP contribution in [0.3, 0.4) is 0 Å². The van der Waals surface area contributed by atoms with Crippen molar-refractivity contribution in [2.24, 2.45) is 17.8 Å². The van der Waals surface area contributed by atoms with Gasteiger partial charge in [-0.25, -0.2) is 9.59 Å². The molecule has 0 aliphatic heterocycles. The summed E-state index contributed by atoms with van der Waals surface area (Å²) in [5.41, 5.74) is 0. The van der Waals surface area contributed by atoms with E-state index in [1.807, 2.05) is 0 Å². The molecule has 0 N–H and O–H groups in total. The summed E-state index contributed by atoms with van der Waals surface area (Å²) in [6.45, 7) is 6.83. The lowest BCUT2D eigenvalue weighted by Gasteiger charge is -2.33. The average Bonchev–Trinajstić information content (AvgIpc) is 2.60. The summed E-state index contributed by atoms with van der Waals surface area (Å²) in [4.78, 5) is 74.8. The molecule has 1 saturated carbocycles. The van der Waals surface area contributed by atoms with E-state index in [9.17, 15) is 33.6 Å². The fourth-order valence-corrected chi connectivity index (χ4v) is 3.19. The largest absolute Gasteiger partial charge is 0.466 e. The molecule has 0 aromatic rings. The summed E-state index contributed by atoms with van der Waals surface area (Å²) in [5.74, 6) is -4.53. The zero-order valence-corrected chi connectivity index (χ0v) is 17.9. The summed E-state index contributed by atoms with van der Waals surface area (Å²) in [5, 5.41) is 0. The molecule has 0 saturated heterocycles. The van der Waals surface area contributed by atoms with Gasteiger partial charge in [-0.15, -0.1) is 0 Å². The Morgan fingerprint density at radius 3 is 1.57 bits per heavy atom. The first-order chi connectivity index (χ1) is 13.8. The Morgan fingerprint density at radius 2 is 1.20 bits per heavy atom. The van der Waals surface area contributed by atoms with Gasteiger partial charge in [0.05, 0.1) is 6.61 Å². The van der Waals surface area contributed by atoms with Gasteiger partial charge in [-0.1, -0.05) is 0 Å². The van der Waals surface area contributed by atoms with Crippen molar-refractivity contribution in [3.8, 4) is 0 Å². The minimum Gasteiger partial charge on any atom is -0.466 e. The lowest BCUT2D eigenvalue weighted by Crippen LogP contribution is -2.32. The third kappa shape index (κ3) is 11.2. The molecule has 1 fully saturated rings. The van der Waals surface area contributed by atoms with Crippen LogP contribution in [0.1, 0.15) is 60.3 Å². The molecule has 3 atom stereocenters. The molecule has 10 nitrogen and oxygen atoms in total. The van der Waals surface area contributed by atoms with E-state index in [1.54, 1.807) is 13.8 Å². The standard InChI is InChI=1S/C14H22O4.C6H6O6/c1-9(15)12-4-5-14(10(2)16)13(8-12)6-7-18-11(3)17;1-3(7)11-5(9)6(10)12-4(2)8/h12-14H,4-8H2,1-3H3;1-2H3. The molecular weight excluding hydrogens is 400 g/mol. The Balaban J connectivity index is 0.000000612. The number of rotatable bonds is 5. The Morgan fingerprint density at radius 1 is 0.700 bits per heavy atom. The van der Waals surface area contributed by atoms with Crippen LogP contribution in [0.15, 0.2) is 0 Å². The van der Waals surface area contributed by atoms with Crippen LogP contribution in [0.25, 0.3) is 0 Å². The molecule has 1 aliphatic rings. The van der Waals surface area contributed by atoms with E-state index in [4.69, 9.17) is 4.74 Å². The fourth-order valence-electron chi connectivity index (χ4n) is 3.19. The van der Waals surface area contributed by atoms with Gasteiger partial charge in [0.25, 0.3) is 0 Å². The van der Waals surface area contributed by atoms with E-state index < -0.39 is 23.9 Å². The molecule has 0 amide bonds. The van der Waals surface area contributed by atoms with Crippen LogP contribution in [0.2, 0.25) is 0 Å². The van der Waals surface area contributed by atoms with Gasteiger partial charge in [-0.2, -0.15) is 0 Å². The maximum atomic E-state index is 11.6. The molecule has 0 aromatic heterocycles. The zero-order valence-electron chi connectivity index (χ0n) is 17.9. The van der Waals surface area contributed by atoms with Crippen LogP contribution in [0, 0.1) is 17.8 Å². The van der Waals surface area contributed by atoms with Crippen molar-refractivity contribution >= 4 is 41.4 Å². The smallest absolute Gasteiger partial charge is 0.425 e. The highest BCUT2D eigenvalue weighted by molar-refractivity contribution is 6.33. The molecule has 0 aromatic carbocycles. The molecule has 1 rings (SSSR count). The van der Waals surface area contributed by atoms with E-state index in [0.29, 0.717) is 13.0 Å². The van der Waals surface area contributed by atoms with Crippen molar-refractivity contribution in [3.05, 3.63) is 0 Å². The van der Waals surface area contributed by atoms with Gasteiger partial charge < -0.3 is 14.2 Å². The summed E-state index contributed by atoms with van der Waals surface area (Å²) in [7, 11) is 0. The topological polar surface area (TPSA) is 147 Å². The SMILES string of the molecule is CC(=O)OC(=O)C(=O)OC(C)=O.CC(=O)OCCC1CC(C(C)=O)CCC1C(C)=O. The highest BCUT2D eigenvalue weighted by Crippen LogP contribution is 2.36. The number of carbonyl (C=O) groups is 7. The van der Waals surface area contributed by atoms with E-state index >= 15 is 0 Å². The summed E-state index contributed by atoms with van der Waals surface area (Å²) in [6.07, 6.45) is 3.02. The Labute approximate surface area is 174 Å². The fraction of sp³-hybridized carbons (Fsp3) is 0.650. The molecule has 3 unspecified atom stereocenters. The molecular formula is C20H28O10. The Kier molecular flexibility index (Phi) is 12.0. The summed E-state index contributed by atoms with van der Waals surface area (Å²) >= 11 is 0. The van der Waals surface area contributed by atoms with Gasteiger partial charge in [-0.05, 0) is 45.4 Å². The third-order valence-corrected chi connectivity index (χ3v) is 4.51. The van der Waals surface area contributed by atoms with Crippen LogP contribution in [0.5, 0.6) is 0 Å². The predicted octanol–water partition coefficient (Wildman–Crippen LogP) is 1.32. The van der Waals surface area contributed by atoms with E-state index in [-0.39, 0.29) is 35.3 Å². The lowest BCUT2D eigenvalue weighted by atomic mass is 9.70. The minimum absolute atomic E-state index is 0.0242. The predicted molar refractivity (Wildman–Crippen MR) is 100 cm³/mol. The van der Waals surface area contributed by atoms with Crippen molar-refractivity contribution in [1.29, 1.82) is 0 Å². The third-order valence-electron chi connectivity index (χ3n) is 4.51. The average molecular weight is 428 g/mol. The lowest BCUT2D eigenvalue weighted by molar-refractivity contribution is -0.176. The van der Waals surface area contributed by atoms with Gasteiger partial charge in [0.2, 0.25) is 0 Å². The molecule has 30 heavy (non-hydrogen) atoms. The number of ketones is 2. The first-order valence-corrected chi connectivity index (χ1v) is 9.44. The second-order valence-corrected chi connectivity index (χ2v) is 6.99. The highest BCUT2D eigenvalue weighted by Gasteiger charge is 2.34. The van der Waals surface area contributed by atoms with Gasteiger partial charge in [0.1, 0.15) is 11.6 Å². The molecule has 0 radical (unpaired) electrons.